The minimum Gasteiger partial charge on any atom is -0.309 e. The Hall–Kier alpha value is -7.45. The highest BCUT2D eigenvalue weighted by Gasteiger charge is 2.53. The smallest absolute Gasteiger partial charge is 0.0991 e. The van der Waals surface area contributed by atoms with Crippen molar-refractivity contribution < 1.29 is 0 Å². The summed E-state index contributed by atoms with van der Waals surface area (Å²) < 4.78 is 4.66. The van der Waals surface area contributed by atoms with E-state index in [1.807, 2.05) is 66.6 Å². The van der Waals surface area contributed by atoms with Gasteiger partial charge in [0.1, 0.15) is 0 Å². The van der Waals surface area contributed by atoms with Crippen LogP contribution in [0.1, 0.15) is 33.4 Å². The Kier molecular flexibility index (Phi) is 6.24. The normalized spacial score (nSPS) is 15.1. The van der Waals surface area contributed by atoms with Gasteiger partial charge in [0, 0.05) is 48.7 Å². The molecule has 5 heterocycles. The van der Waals surface area contributed by atoms with Crippen molar-refractivity contribution in [2.24, 2.45) is 0 Å². The molecule has 1 atom stereocenters. The van der Waals surface area contributed by atoms with E-state index in [0.29, 0.717) is 11.1 Å². The van der Waals surface area contributed by atoms with E-state index in [0.717, 1.165) is 66.7 Å². The lowest BCUT2D eigenvalue weighted by Gasteiger charge is -2.40. The maximum absolute atomic E-state index is 9.87. The second-order valence-corrected chi connectivity index (χ2v) is 15.5. The van der Waals surface area contributed by atoms with Crippen LogP contribution in [0.15, 0.2) is 168 Å². The summed E-state index contributed by atoms with van der Waals surface area (Å²) in [5.74, 6) is 0. The van der Waals surface area contributed by atoms with Gasteiger partial charge < -0.3 is 9.13 Å². The monoisotopic (exact) mass is 730 g/mol. The van der Waals surface area contributed by atoms with E-state index in [-0.39, 0.29) is 0 Å². The lowest BCUT2D eigenvalue weighted by molar-refractivity contribution is 0.712. The average molecular weight is 731 g/mol. The number of para-hydroxylation sites is 2. The Labute approximate surface area is 325 Å². The van der Waals surface area contributed by atoms with Crippen molar-refractivity contribution >= 4 is 55.4 Å². The second kappa shape index (κ2) is 11.3. The summed E-state index contributed by atoms with van der Waals surface area (Å²) in [7, 11) is 0. The number of benzene rings is 6. The molecule has 2 aliphatic rings. The van der Waals surface area contributed by atoms with Gasteiger partial charge in [0.2, 0.25) is 0 Å². The molecule has 0 saturated heterocycles. The van der Waals surface area contributed by atoms with E-state index in [4.69, 9.17) is 9.97 Å². The molecule has 7 heteroatoms. The van der Waals surface area contributed by atoms with Crippen molar-refractivity contribution in [1.29, 1.82) is 10.5 Å². The Morgan fingerprint density at radius 1 is 0.500 bits per heavy atom. The van der Waals surface area contributed by atoms with Crippen LogP contribution in [-0.4, -0.2) is 19.1 Å². The highest BCUT2D eigenvalue weighted by atomic mass is 32.2. The van der Waals surface area contributed by atoms with E-state index in [1.54, 1.807) is 0 Å². The van der Waals surface area contributed by atoms with Crippen molar-refractivity contribution in [3.8, 4) is 34.9 Å². The van der Waals surface area contributed by atoms with Crippen LogP contribution in [0.5, 0.6) is 0 Å². The molecular weight excluding hydrogens is 705 g/mol. The van der Waals surface area contributed by atoms with Crippen LogP contribution in [0.4, 0.5) is 0 Å². The van der Waals surface area contributed by atoms with Crippen LogP contribution in [0, 0.1) is 22.7 Å². The third kappa shape index (κ3) is 3.89. The Morgan fingerprint density at radius 2 is 1.11 bits per heavy atom. The van der Waals surface area contributed by atoms with Crippen LogP contribution < -0.4 is 0 Å². The first-order valence-electron chi connectivity index (χ1n) is 18.4. The second-order valence-electron chi connectivity index (χ2n) is 14.4. The predicted octanol–water partition coefficient (Wildman–Crippen LogP) is 11.2. The van der Waals surface area contributed by atoms with Crippen molar-refractivity contribution in [2.75, 3.05) is 0 Å². The zero-order chi connectivity index (χ0) is 37.1. The van der Waals surface area contributed by atoms with Gasteiger partial charge in [0.05, 0.1) is 79.7 Å². The molecule has 1 spiro atoms. The average Bonchev–Trinajstić information content (AvgIpc) is 3.87. The van der Waals surface area contributed by atoms with Gasteiger partial charge in [-0.05, 0) is 90.0 Å². The van der Waals surface area contributed by atoms with E-state index in [9.17, 15) is 10.5 Å². The molecule has 1 aliphatic heterocycles. The van der Waals surface area contributed by atoms with Crippen molar-refractivity contribution in [2.45, 2.75) is 15.2 Å². The van der Waals surface area contributed by atoms with E-state index < -0.39 is 5.41 Å². The van der Waals surface area contributed by atoms with Gasteiger partial charge in [-0.3, -0.25) is 9.97 Å². The molecule has 1 unspecified atom stereocenters. The zero-order valence-corrected chi connectivity index (χ0v) is 30.4. The molecule has 0 amide bonds. The Bertz CT molecular complexity index is 3330. The topological polar surface area (TPSA) is 83.2 Å². The molecule has 0 N–H and O–H groups in total. The molecule has 0 radical (unpaired) electrons. The summed E-state index contributed by atoms with van der Waals surface area (Å²) in [5, 5.41) is 24.0. The van der Waals surface area contributed by atoms with Crippen LogP contribution in [0.25, 0.3) is 66.4 Å². The van der Waals surface area contributed by atoms with Gasteiger partial charge in [-0.1, -0.05) is 78.5 Å². The van der Waals surface area contributed by atoms with Gasteiger partial charge in [-0.15, -0.1) is 0 Å². The minimum atomic E-state index is -0.775. The van der Waals surface area contributed by atoms with Crippen molar-refractivity contribution in [3.63, 3.8) is 0 Å². The molecule has 6 aromatic carbocycles. The lowest BCUT2D eigenvalue weighted by atomic mass is 9.67. The molecule has 4 aromatic heterocycles. The summed E-state index contributed by atoms with van der Waals surface area (Å²) in [6, 6.07) is 55.6. The summed E-state index contributed by atoms with van der Waals surface area (Å²) in [4.78, 5) is 12.8. The van der Waals surface area contributed by atoms with Gasteiger partial charge >= 0.3 is 0 Å². The Balaban J connectivity index is 1.23. The first kappa shape index (κ1) is 31.0. The fourth-order valence-electron chi connectivity index (χ4n) is 9.56. The summed E-state index contributed by atoms with van der Waals surface area (Å²) in [5.41, 5.74) is 12.8. The number of nitrogens with zero attached hydrogens (tertiary/aromatic N) is 6. The molecule has 0 bridgehead atoms. The zero-order valence-electron chi connectivity index (χ0n) is 29.6. The third-order valence-electron chi connectivity index (χ3n) is 11.7. The van der Waals surface area contributed by atoms with Crippen LogP contribution in [0.3, 0.4) is 0 Å². The van der Waals surface area contributed by atoms with Gasteiger partial charge in [0.25, 0.3) is 0 Å². The number of nitriles is 2. The number of hydrogen-bond donors (Lipinski definition) is 0. The quantitative estimate of drug-likeness (QED) is 0.177. The summed E-state index contributed by atoms with van der Waals surface area (Å²) in [6.07, 6.45) is 3.81. The van der Waals surface area contributed by atoms with Gasteiger partial charge in [-0.2, -0.15) is 10.5 Å². The molecule has 56 heavy (non-hydrogen) atoms. The van der Waals surface area contributed by atoms with E-state index in [1.165, 1.54) is 31.7 Å². The number of fused-ring (bicyclic) bond motifs is 15. The largest absolute Gasteiger partial charge is 0.309 e. The first-order valence-corrected chi connectivity index (χ1v) is 19.3. The third-order valence-corrected chi connectivity index (χ3v) is 12.8. The summed E-state index contributed by atoms with van der Waals surface area (Å²) >= 11 is 1.82. The standard InChI is InChI=1S/C49H26N6S/c50-26-29-18-20-41-34(23-29)35-24-30(27-51)19-21-42(35)54(41)31-25-38-48(53-28-31)47-37(12-8-22-52-47)49(38)36-11-3-6-16-44(36)56-45-17-7-15-43(46(45)49)55-39-13-4-1-9-32(39)33-10-2-5-14-40(33)55/h1-25,28H. The molecule has 12 rings (SSSR count). The van der Waals surface area contributed by atoms with Gasteiger partial charge in [-0.25, -0.2) is 0 Å². The maximum Gasteiger partial charge on any atom is 0.0991 e. The number of rotatable bonds is 2. The molecular formula is C49H26N6S. The minimum absolute atomic E-state index is 0.567. The molecule has 258 valence electrons. The van der Waals surface area contributed by atoms with Crippen LogP contribution in [0.2, 0.25) is 0 Å². The maximum atomic E-state index is 9.87. The number of pyridine rings is 2. The number of hydrogen-bond acceptors (Lipinski definition) is 5. The molecule has 1 aliphatic carbocycles. The molecule has 0 saturated carbocycles. The van der Waals surface area contributed by atoms with Crippen molar-refractivity contribution in [1.82, 2.24) is 19.1 Å². The van der Waals surface area contributed by atoms with E-state index >= 15 is 0 Å². The Morgan fingerprint density at radius 3 is 1.82 bits per heavy atom. The van der Waals surface area contributed by atoms with E-state index in [2.05, 4.69) is 124 Å². The predicted molar refractivity (Wildman–Crippen MR) is 222 cm³/mol. The van der Waals surface area contributed by atoms with Crippen molar-refractivity contribution in [3.05, 3.63) is 191 Å². The molecule has 0 fully saturated rings. The van der Waals surface area contributed by atoms with Crippen LogP contribution >= 0.6 is 11.8 Å². The van der Waals surface area contributed by atoms with Gasteiger partial charge in [0.15, 0.2) is 0 Å². The SMILES string of the molecule is N#Cc1ccc2c(c1)c1cc(C#N)ccc1n2-c1cnc2c(c1)C1(c3ccccc3Sc3cccc(-n4c5ccccc5c5ccccc54)c31)c1cccnc1-2. The number of aromatic nitrogens is 4. The molecule has 10 aromatic rings. The fraction of sp³-hybridized carbons (Fsp3) is 0.0204. The summed E-state index contributed by atoms with van der Waals surface area (Å²) in [6.45, 7) is 0. The molecule has 6 nitrogen and oxygen atoms in total. The highest BCUT2D eigenvalue weighted by molar-refractivity contribution is 7.99. The highest BCUT2D eigenvalue weighted by Crippen LogP contribution is 2.63. The van der Waals surface area contributed by atoms with Crippen LogP contribution in [-0.2, 0) is 5.41 Å². The first-order chi connectivity index (χ1) is 27.7. The lowest BCUT2D eigenvalue weighted by Crippen LogP contribution is -2.33. The fourth-order valence-corrected chi connectivity index (χ4v) is 10.8.